The van der Waals surface area contributed by atoms with Crippen LogP contribution in [0.2, 0.25) is 0 Å². The van der Waals surface area contributed by atoms with E-state index in [2.05, 4.69) is 4.72 Å². The van der Waals surface area contributed by atoms with Gasteiger partial charge in [-0.25, -0.2) is 13.1 Å². The smallest absolute Gasteiger partial charge is 0.240 e. The van der Waals surface area contributed by atoms with Crippen molar-refractivity contribution in [1.82, 2.24) is 4.72 Å². The van der Waals surface area contributed by atoms with Gasteiger partial charge in [-0.3, -0.25) is 4.79 Å². The van der Waals surface area contributed by atoms with Gasteiger partial charge in [0.2, 0.25) is 15.9 Å². The predicted octanol–water partition coefficient (Wildman–Crippen LogP) is 0.114. The number of hydrogen-bond acceptors (Lipinski definition) is 3. The van der Waals surface area contributed by atoms with E-state index in [0.29, 0.717) is 0 Å². The Morgan fingerprint density at radius 2 is 2.06 bits per heavy atom. The minimum Gasteiger partial charge on any atom is -0.315 e. The average Bonchev–Trinajstić information content (AvgIpc) is 2.54. The van der Waals surface area contributed by atoms with E-state index in [1.165, 1.54) is 18.0 Å². The maximum atomic E-state index is 11.6. The Morgan fingerprint density at radius 1 is 1.38 bits per heavy atom. The zero-order chi connectivity index (χ0) is 11.9. The number of fused-ring (bicyclic) bond motifs is 1. The van der Waals surface area contributed by atoms with Crippen LogP contribution in [0, 0.1) is 0 Å². The van der Waals surface area contributed by atoms with Crippen LogP contribution in [0.3, 0.4) is 0 Å². The van der Waals surface area contributed by atoms with Gasteiger partial charge in [0.25, 0.3) is 0 Å². The fraction of sp³-hybridized carbons (Fsp3) is 0.300. The molecule has 1 aliphatic rings. The fourth-order valence-electron chi connectivity index (χ4n) is 1.73. The number of amides is 1. The van der Waals surface area contributed by atoms with Gasteiger partial charge in [0, 0.05) is 12.7 Å². The maximum absolute atomic E-state index is 11.6. The third-order valence-corrected chi connectivity index (χ3v) is 4.12. The highest BCUT2D eigenvalue weighted by atomic mass is 32.2. The molecule has 1 aromatic rings. The first-order valence-corrected chi connectivity index (χ1v) is 6.27. The third kappa shape index (κ3) is 1.60. The molecule has 0 radical (unpaired) electrons. The molecule has 86 valence electrons. The molecule has 2 rings (SSSR count). The van der Waals surface area contributed by atoms with E-state index in [4.69, 9.17) is 0 Å². The van der Waals surface area contributed by atoms with Crippen LogP contribution in [-0.4, -0.2) is 28.4 Å². The summed E-state index contributed by atoms with van der Waals surface area (Å²) >= 11 is 0. The van der Waals surface area contributed by atoms with E-state index >= 15 is 0 Å². The van der Waals surface area contributed by atoms with Crippen molar-refractivity contribution in [2.45, 2.75) is 11.3 Å². The van der Waals surface area contributed by atoms with E-state index in [-0.39, 0.29) is 17.2 Å². The summed E-state index contributed by atoms with van der Waals surface area (Å²) in [5, 5.41) is 0. The molecule has 0 fully saturated rings. The highest BCUT2D eigenvalue weighted by Gasteiger charge is 2.25. The molecule has 0 atom stereocenters. The fourth-order valence-corrected chi connectivity index (χ4v) is 2.51. The Morgan fingerprint density at radius 3 is 2.69 bits per heavy atom. The lowest BCUT2D eigenvalue weighted by Crippen LogP contribution is -2.20. The topological polar surface area (TPSA) is 66.5 Å². The SMILES string of the molecule is CNS(=O)(=O)c1ccc2c(c1)CC(=O)N2C. The quantitative estimate of drug-likeness (QED) is 0.798. The van der Waals surface area contributed by atoms with Crippen LogP contribution in [0.15, 0.2) is 23.1 Å². The van der Waals surface area contributed by atoms with Gasteiger partial charge < -0.3 is 4.90 Å². The van der Waals surface area contributed by atoms with E-state index in [0.717, 1.165) is 11.3 Å². The molecule has 0 aromatic heterocycles. The number of rotatable bonds is 2. The molecule has 1 N–H and O–H groups in total. The Labute approximate surface area is 94.1 Å². The molecule has 0 unspecified atom stereocenters. The lowest BCUT2D eigenvalue weighted by Gasteiger charge is -2.10. The molecular weight excluding hydrogens is 228 g/mol. The maximum Gasteiger partial charge on any atom is 0.240 e. The second-order valence-corrected chi connectivity index (χ2v) is 5.51. The molecule has 6 heteroatoms. The van der Waals surface area contributed by atoms with Crippen LogP contribution < -0.4 is 9.62 Å². The lowest BCUT2D eigenvalue weighted by atomic mass is 10.2. The number of likely N-dealkylation sites (N-methyl/N-ethyl adjacent to an activating group) is 1. The Bertz CT molecular complexity index is 551. The molecule has 1 amide bonds. The molecule has 0 aliphatic carbocycles. The summed E-state index contributed by atoms with van der Waals surface area (Å²) in [6, 6.07) is 4.70. The number of sulfonamides is 1. The van der Waals surface area contributed by atoms with Gasteiger partial charge >= 0.3 is 0 Å². The van der Waals surface area contributed by atoms with Crippen molar-refractivity contribution < 1.29 is 13.2 Å². The summed E-state index contributed by atoms with van der Waals surface area (Å²) in [4.78, 5) is 13.1. The summed E-state index contributed by atoms with van der Waals surface area (Å²) in [5.41, 5.74) is 1.53. The van der Waals surface area contributed by atoms with Crippen molar-refractivity contribution in [2.75, 3.05) is 19.0 Å². The van der Waals surface area contributed by atoms with E-state index in [1.54, 1.807) is 19.2 Å². The van der Waals surface area contributed by atoms with Crippen molar-refractivity contribution in [2.24, 2.45) is 0 Å². The zero-order valence-electron chi connectivity index (χ0n) is 9.02. The van der Waals surface area contributed by atoms with Crippen LogP contribution in [0.1, 0.15) is 5.56 Å². The van der Waals surface area contributed by atoms with Crippen molar-refractivity contribution in [1.29, 1.82) is 0 Å². The van der Waals surface area contributed by atoms with Crippen molar-refractivity contribution in [3.05, 3.63) is 23.8 Å². The monoisotopic (exact) mass is 240 g/mol. The molecule has 0 bridgehead atoms. The van der Waals surface area contributed by atoms with Crippen LogP contribution in [0.5, 0.6) is 0 Å². The molecule has 0 saturated heterocycles. The first-order valence-electron chi connectivity index (χ1n) is 4.79. The highest BCUT2D eigenvalue weighted by molar-refractivity contribution is 7.89. The van der Waals surface area contributed by atoms with Gasteiger partial charge in [-0.1, -0.05) is 0 Å². The van der Waals surface area contributed by atoms with E-state index in [9.17, 15) is 13.2 Å². The average molecular weight is 240 g/mol. The number of anilines is 1. The highest BCUT2D eigenvalue weighted by Crippen LogP contribution is 2.29. The molecule has 1 aromatic carbocycles. The number of hydrogen-bond donors (Lipinski definition) is 1. The zero-order valence-corrected chi connectivity index (χ0v) is 9.84. The minimum absolute atomic E-state index is 0.0194. The van der Waals surface area contributed by atoms with Crippen LogP contribution in [0.25, 0.3) is 0 Å². The largest absolute Gasteiger partial charge is 0.315 e. The number of nitrogens with zero attached hydrogens (tertiary/aromatic N) is 1. The van der Waals surface area contributed by atoms with Crippen LogP contribution in [-0.2, 0) is 21.2 Å². The van der Waals surface area contributed by atoms with Gasteiger partial charge in [0.15, 0.2) is 0 Å². The van der Waals surface area contributed by atoms with E-state index in [1.807, 2.05) is 0 Å². The molecule has 1 heterocycles. The minimum atomic E-state index is -3.43. The van der Waals surface area contributed by atoms with Gasteiger partial charge in [-0.05, 0) is 30.8 Å². The Hall–Kier alpha value is -1.40. The molecule has 0 saturated carbocycles. The molecular formula is C10H12N2O3S. The summed E-state index contributed by atoms with van der Waals surface area (Å²) in [6.45, 7) is 0. The standard InChI is InChI=1S/C10H12N2O3S/c1-11-16(14,15)8-3-4-9-7(5-8)6-10(13)12(9)2/h3-5,11H,6H2,1-2H3. The van der Waals surface area contributed by atoms with Crippen molar-refractivity contribution >= 4 is 21.6 Å². The predicted molar refractivity (Wildman–Crippen MR) is 59.8 cm³/mol. The van der Waals surface area contributed by atoms with Crippen LogP contribution in [0.4, 0.5) is 5.69 Å². The second kappa shape index (κ2) is 3.57. The summed E-state index contributed by atoms with van der Waals surface area (Å²) in [7, 11) is -0.393. The Kier molecular flexibility index (Phi) is 2.47. The number of carbonyl (C=O) groups excluding carboxylic acids is 1. The number of carbonyl (C=O) groups is 1. The first-order chi connectivity index (χ1) is 7.45. The molecule has 1 aliphatic heterocycles. The molecule has 16 heavy (non-hydrogen) atoms. The van der Waals surface area contributed by atoms with Gasteiger partial charge in [-0.2, -0.15) is 0 Å². The lowest BCUT2D eigenvalue weighted by molar-refractivity contribution is -0.117. The van der Waals surface area contributed by atoms with Gasteiger partial charge in [0.1, 0.15) is 0 Å². The van der Waals surface area contributed by atoms with Gasteiger partial charge in [-0.15, -0.1) is 0 Å². The molecule has 5 nitrogen and oxygen atoms in total. The molecule has 0 spiro atoms. The van der Waals surface area contributed by atoms with Crippen LogP contribution >= 0.6 is 0 Å². The van der Waals surface area contributed by atoms with Crippen molar-refractivity contribution in [3.8, 4) is 0 Å². The van der Waals surface area contributed by atoms with E-state index < -0.39 is 10.0 Å². The number of benzene rings is 1. The first kappa shape index (κ1) is 11.1. The third-order valence-electron chi connectivity index (χ3n) is 2.71. The second-order valence-electron chi connectivity index (χ2n) is 3.63. The summed E-state index contributed by atoms with van der Waals surface area (Å²) < 4.78 is 25.4. The Balaban J connectivity index is 2.52. The summed E-state index contributed by atoms with van der Waals surface area (Å²) in [5.74, 6) is -0.0194. The van der Waals surface area contributed by atoms with Gasteiger partial charge in [0.05, 0.1) is 11.3 Å². The normalized spacial score (nSPS) is 15.4. The van der Waals surface area contributed by atoms with Crippen molar-refractivity contribution in [3.63, 3.8) is 0 Å². The number of nitrogens with one attached hydrogen (secondary N) is 1. The summed E-state index contributed by atoms with van der Waals surface area (Å²) in [6.07, 6.45) is 0.263.